The Balaban J connectivity index is 1.87. The van der Waals surface area contributed by atoms with Crippen LogP contribution in [0.25, 0.3) is 0 Å². The second-order valence-electron chi connectivity index (χ2n) is 5.63. The molecule has 0 bridgehead atoms. The third-order valence-electron chi connectivity index (χ3n) is 3.87. The standard InChI is InChI=1S/C16H20N2O4/c1-10(19)17-9-11-2-4-12(5-3-11)15(20)18-14-7-6-13(8-14)16(21)22/h2-5,13-14H,6-9H2,1H3,(H,17,19)(H,18,20)(H,21,22)/t13-,14+/m0/s1. The van der Waals surface area contributed by atoms with Gasteiger partial charge >= 0.3 is 5.97 Å². The highest BCUT2D eigenvalue weighted by molar-refractivity contribution is 5.94. The smallest absolute Gasteiger partial charge is 0.306 e. The van der Waals surface area contributed by atoms with Gasteiger partial charge in [0.2, 0.25) is 5.91 Å². The number of rotatable bonds is 5. The van der Waals surface area contributed by atoms with E-state index in [-0.39, 0.29) is 23.8 Å². The van der Waals surface area contributed by atoms with Crippen LogP contribution in [-0.4, -0.2) is 28.9 Å². The van der Waals surface area contributed by atoms with E-state index in [1.165, 1.54) is 6.92 Å². The van der Waals surface area contributed by atoms with E-state index in [2.05, 4.69) is 10.6 Å². The summed E-state index contributed by atoms with van der Waals surface area (Å²) in [5, 5.41) is 14.5. The van der Waals surface area contributed by atoms with Gasteiger partial charge in [0.05, 0.1) is 5.92 Å². The van der Waals surface area contributed by atoms with Gasteiger partial charge in [0.25, 0.3) is 5.91 Å². The molecule has 6 nitrogen and oxygen atoms in total. The fourth-order valence-corrected chi connectivity index (χ4v) is 2.61. The molecule has 1 aliphatic carbocycles. The predicted octanol–water partition coefficient (Wildman–Crippen LogP) is 1.31. The minimum atomic E-state index is -0.793. The van der Waals surface area contributed by atoms with Crippen molar-refractivity contribution in [1.29, 1.82) is 0 Å². The van der Waals surface area contributed by atoms with Crippen molar-refractivity contribution in [2.24, 2.45) is 5.92 Å². The van der Waals surface area contributed by atoms with E-state index in [1.54, 1.807) is 24.3 Å². The summed E-state index contributed by atoms with van der Waals surface area (Å²) < 4.78 is 0. The molecule has 1 aromatic carbocycles. The average molecular weight is 304 g/mol. The van der Waals surface area contributed by atoms with Crippen LogP contribution in [0.2, 0.25) is 0 Å². The summed E-state index contributed by atoms with van der Waals surface area (Å²) >= 11 is 0. The molecule has 0 radical (unpaired) electrons. The van der Waals surface area contributed by atoms with Crippen molar-refractivity contribution in [3.63, 3.8) is 0 Å². The van der Waals surface area contributed by atoms with Gasteiger partial charge in [-0.25, -0.2) is 0 Å². The maximum Gasteiger partial charge on any atom is 0.306 e. The summed E-state index contributed by atoms with van der Waals surface area (Å²) in [5.41, 5.74) is 1.45. The first-order chi connectivity index (χ1) is 10.5. The number of benzene rings is 1. The van der Waals surface area contributed by atoms with E-state index in [0.29, 0.717) is 31.4 Å². The van der Waals surface area contributed by atoms with Crippen LogP contribution in [0.15, 0.2) is 24.3 Å². The highest BCUT2D eigenvalue weighted by Gasteiger charge is 2.30. The SMILES string of the molecule is CC(=O)NCc1ccc(C(=O)N[C@@H]2CC[C@H](C(=O)O)C2)cc1. The molecule has 1 aromatic rings. The van der Waals surface area contributed by atoms with E-state index in [4.69, 9.17) is 5.11 Å². The van der Waals surface area contributed by atoms with Crippen molar-refractivity contribution in [2.75, 3.05) is 0 Å². The molecule has 2 rings (SSSR count). The average Bonchev–Trinajstić information content (AvgIpc) is 2.94. The van der Waals surface area contributed by atoms with Crippen LogP contribution in [0, 0.1) is 5.92 Å². The fourth-order valence-electron chi connectivity index (χ4n) is 2.61. The number of carboxylic acid groups (broad SMARTS) is 1. The van der Waals surface area contributed by atoms with E-state index >= 15 is 0 Å². The van der Waals surface area contributed by atoms with Gasteiger partial charge in [-0.1, -0.05) is 12.1 Å². The lowest BCUT2D eigenvalue weighted by Crippen LogP contribution is -2.33. The molecular formula is C16H20N2O4. The normalized spacial score (nSPS) is 20.4. The molecule has 3 N–H and O–H groups in total. The number of amides is 2. The Labute approximate surface area is 128 Å². The summed E-state index contributed by atoms with van der Waals surface area (Å²) in [4.78, 5) is 33.9. The number of nitrogens with one attached hydrogen (secondary N) is 2. The third-order valence-corrected chi connectivity index (χ3v) is 3.87. The van der Waals surface area contributed by atoms with Crippen LogP contribution in [0.5, 0.6) is 0 Å². The van der Waals surface area contributed by atoms with Crippen LogP contribution in [-0.2, 0) is 16.1 Å². The monoisotopic (exact) mass is 304 g/mol. The first kappa shape index (κ1) is 16.0. The van der Waals surface area contributed by atoms with Crippen LogP contribution >= 0.6 is 0 Å². The summed E-state index contributed by atoms with van der Waals surface area (Å²) in [7, 11) is 0. The molecule has 2 amide bonds. The minimum Gasteiger partial charge on any atom is -0.481 e. The maximum absolute atomic E-state index is 12.1. The molecule has 0 heterocycles. The van der Waals surface area contributed by atoms with Crippen molar-refractivity contribution < 1.29 is 19.5 Å². The van der Waals surface area contributed by atoms with Gasteiger partial charge in [0.1, 0.15) is 0 Å². The number of hydrogen-bond acceptors (Lipinski definition) is 3. The van der Waals surface area contributed by atoms with Gasteiger partial charge in [-0.05, 0) is 37.0 Å². The molecule has 1 saturated carbocycles. The zero-order valence-corrected chi connectivity index (χ0v) is 12.5. The molecule has 0 aromatic heterocycles. The molecule has 0 aliphatic heterocycles. The summed E-state index contributed by atoms with van der Waals surface area (Å²) in [6.07, 6.45) is 1.79. The first-order valence-corrected chi connectivity index (χ1v) is 7.32. The quantitative estimate of drug-likeness (QED) is 0.764. The Morgan fingerprint density at radius 3 is 2.41 bits per heavy atom. The van der Waals surface area contributed by atoms with Crippen LogP contribution in [0.3, 0.4) is 0 Å². The Bertz CT molecular complexity index is 568. The summed E-state index contributed by atoms with van der Waals surface area (Å²) in [5.74, 6) is -1.44. The molecule has 0 saturated heterocycles. The zero-order chi connectivity index (χ0) is 16.1. The van der Waals surface area contributed by atoms with E-state index < -0.39 is 5.97 Å². The highest BCUT2D eigenvalue weighted by atomic mass is 16.4. The van der Waals surface area contributed by atoms with Gasteiger partial charge in [0, 0.05) is 25.1 Å². The number of hydrogen-bond donors (Lipinski definition) is 3. The van der Waals surface area contributed by atoms with Crippen molar-refractivity contribution >= 4 is 17.8 Å². The Hall–Kier alpha value is -2.37. The molecule has 0 spiro atoms. The molecule has 2 atom stereocenters. The van der Waals surface area contributed by atoms with Gasteiger partial charge in [-0.2, -0.15) is 0 Å². The van der Waals surface area contributed by atoms with Crippen molar-refractivity contribution in [3.8, 4) is 0 Å². The van der Waals surface area contributed by atoms with Crippen LogP contribution in [0.1, 0.15) is 42.1 Å². The molecule has 6 heteroatoms. The lowest BCUT2D eigenvalue weighted by molar-refractivity contribution is -0.141. The predicted molar refractivity (Wildman–Crippen MR) is 80.2 cm³/mol. The number of carbonyl (C=O) groups is 3. The Morgan fingerprint density at radius 1 is 1.18 bits per heavy atom. The number of aliphatic carboxylic acids is 1. The minimum absolute atomic E-state index is 0.0762. The molecule has 1 aliphatic rings. The van der Waals surface area contributed by atoms with Crippen molar-refractivity contribution in [1.82, 2.24) is 10.6 Å². The summed E-state index contributed by atoms with van der Waals surface area (Å²) in [6.45, 7) is 1.88. The van der Waals surface area contributed by atoms with Gasteiger partial charge < -0.3 is 15.7 Å². The molecule has 1 fully saturated rings. The van der Waals surface area contributed by atoms with Crippen LogP contribution in [0.4, 0.5) is 0 Å². The number of carbonyl (C=O) groups excluding carboxylic acids is 2. The van der Waals surface area contributed by atoms with Crippen molar-refractivity contribution in [2.45, 2.75) is 38.8 Å². The summed E-state index contributed by atoms with van der Waals surface area (Å²) in [6, 6.07) is 6.92. The van der Waals surface area contributed by atoms with Crippen LogP contribution < -0.4 is 10.6 Å². The molecule has 0 unspecified atom stereocenters. The van der Waals surface area contributed by atoms with Gasteiger partial charge in [-0.15, -0.1) is 0 Å². The van der Waals surface area contributed by atoms with Crippen molar-refractivity contribution in [3.05, 3.63) is 35.4 Å². The topological polar surface area (TPSA) is 95.5 Å². The lowest BCUT2D eigenvalue weighted by atomic mass is 10.1. The van der Waals surface area contributed by atoms with E-state index in [9.17, 15) is 14.4 Å². The zero-order valence-electron chi connectivity index (χ0n) is 12.5. The number of carboxylic acids is 1. The van der Waals surface area contributed by atoms with Gasteiger partial charge in [-0.3, -0.25) is 14.4 Å². The highest BCUT2D eigenvalue weighted by Crippen LogP contribution is 2.25. The second-order valence-corrected chi connectivity index (χ2v) is 5.63. The first-order valence-electron chi connectivity index (χ1n) is 7.32. The fraction of sp³-hybridized carbons (Fsp3) is 0.438. The molecule has 22 heavy (non-hydrogen) atoms. The van der Waals surface area contributed by atoms with E-state index in [1.807, 2.05) is 0 Å². The lowest BCUT2D eigenvalue weighted by Gasteiger charge is -2.12. The molecular weight excluding hydrogens is 284 g/mol. The van der Waals surface area contributed by atoms with Gasteiger partial charge in [0.15, 0.2) is 0 Å². The molecule has 118 valence electrons. The second kappa shape index (κ2) is 7.06. The third kappa shape index (κ3) is 4.31. The Morgan fingerprint density at radius 2 is 1.86 bits per heavy atom. The largest absolute Gasteiger partial charge is 0.481 e. The maximum atomic E-state index is 12.1. The van der Waals surface area contributed by atoms with E-state index in [0.717, 1.165) is 5.56 Å². The Kier molecular flexibility index (Phi) is 5.14.